The van der Waals surface area contributed by atoms with Crippen LogP contribution in [0, 0.1) is 0 Å². The lowest BCUT2D eigenvalue weighted by Gasteiger charge is -2.32. The van der Waals surface area contributed by atoms with Crippen LogP contribution < -0.4 is 14.2 Å². The number of carbonyl (C=O) groups is 1. The maximum Gasteiger partial charge on any atom is 0.267 e. The van der Waals surface area contributed by atoms with Gasteiger partial charge in [0.15, 0.2) is 11.5 Å². The number of carbonyl (C=O) groups excluding carboxylic acids is 1. The Kier molecular flexibility index (Phi) is 6.14. The standard InChI is InChI=1S/C20H21ClN2O6S/c21-15-3-1-14(2-4-15)12-22-30(25,26)16-5-6-17-18(11-16)28-13-19(29-17)20(24)23-7-9-27-10-8-23/h1-6,11,19,22H,7-10,12-13H2. The van der Waals surface area contributed by atoms with Crippen molar-refractivity contribution in [3.63, 3.8) is 0 Å². The van der Waals surface area contributed by atoms with E-state index in [1.54, 1.807) is 29.2 Å². The summed E-state index contributed by atoms with van der Waals surface area (Å²) < 4.78 is 44.5. The van der Waals surface area contributed by atoms with Crippen LogP contribution in [0.15, 0.2) is 47.4 Å². The highest BCUT2D eigenvalue weighted by Gasteiger charge is 2.32. The molecular formula is C20H21ClN2O6S. The Morgan fingerprint density at radius 2 is 1.83 bits per heavy atom. The van der Waals surface area contributed by atoms with Crippen molar-refractivity contribution in [3.8, 4) is 11.5 Å². The van der Waals surface area contributed by atoms with Crippen LogP contribution in [0.25, 0.3) is 0 Å². The lowest BCUT2D eigenvalue weighted by atomic mass is 10.2. The lowest BCUT2D eigenvalue weighted by molar-refractivity contribution is -0.145. The summed E-state index contributed by atoms with van der Waals surface area (Å²) in [7, 11) is -3.76. The molecule has 0 spiro atoms. The molecule has 30 heavy (non-hydrogen) atoms. The van der Waals surface area contributed by atoms with Gasteiger partial charge in [0.05, 0.1) is 18.1 Å². The molecule has 2 aromatic rings. The summed E-state index contributed by atoms with van der Waals surface area (Å²) >= 11 is 5.85. The van der Waals surface area contributed by atoms with E-state index in [4.69, 9.17) is 25.8 Å². The molecule has 160 valence electrons. The molecule has 1 amide bonds. The summed E-state index contributed by atoms with van der Waals surface area (Å²) in [5.41, 5.74) is 0.782. The molecule has 2 aliphatic heterocycles. The number of morpholine rings is 1. The minimum absolute atomic E-state index is 0.0187. The zero-order valence-electron chi connectivity index (χ0n) is 16.0. The molecule has 2 heterocycles. The molecule has 0 aliphatic carbocycles. The van der Waals surface area contributed by atoms with E-state index in [1.165, 1.54) is 18.2 Å². The summed E-state index contributed by atoms with van der Waals surface area (Å²) in [5, 5.41) is 0.582. The predicted molar refractivity (Wildman–Crippen MR) is 109 cm³/mol. The van der Waals surface area contributed by atoms with Gasteiger partial charge in [-0.15, -0.1) is 0 Å². The Hall–Kier alpha value is -2.33. The van der Waals surface area contributed by atoms with Crippen LogP contribution in [0.1, 0.15) is 5.56 Å². The Morgan fingerprint density at radius 3 is 2.57 bits per heavy atom. The molecule has 1 fully saturated rings. The summed E-state index contributed by atoms with van der Waals surface area (Å²) in [4.78, 5) is 14.3. The fourth-order valence-corrected chi connectivity index (χ4v) is 4.35. The van der Waals surface area contributed by atoms with Crippen LogP contribution in [0.4, 0.5) is 0 Å². The number of fused-ring (bicyclic) bond motifs is 1. The highest BCUT2D eigenvalue weighted by molar-refractivity contribution is 7.89. The number of rotatable bonds is 5. The van der Waals surface area contributed by atoms with Gasteiger partial charge in [-0.3, -0.25) is 4.79 Å². The Morgan fingerprint density at radius 1 is 1.10 bits per heavy atom. The van der Waals surface area contributed by atoms with Gasteiger partial charge in [0, 0.05) is 30.7 Å². The molecule has 0 aromatic heterocycles. The van der Waals surface area contributed by atoms with Crippen molar-refractivity contribution < 1.29 is 27.4 Å². The molecule has 4 rings (SSSR count). The Balaban J connectivity index is 1.42. The van der Waals surface area contributed by atoms with Crippen molar-refractivity contribution in [2.45, 2.75) is 17.5 Å². The third kappa shape index (κ3) is 4.70. The normalized spacial score (nSPS) is 18.8. The van der Waals surface area contributed by atoms with Crippen molar-refractivity contribution in [2.75, 3.05) is 32.9 Å². The van der Waals surface area contributed by atoms with E-state index >= 15 is 0 Å². The van der Waals surface area contributed by atoms with Gasteiger partial charge in [-0.05, 0) is 29.8 Å². The van der Waals surface area contributed by atoms with Crippen LogP contribution in [0.3, 0.4) is 0 Å². The average molecular weight is 453 g/mol. The Bertz CT molecular complexity index is 1020. The number of nitrogens with one attached hydrogen (secondary N) is 1. The second kappa shape index (κ2) is 8.81. The molecule has 2 aliphatic rings. The number of amides is 1. The van der Waals surface area contributed by atoms with Gasteiger partial charge in [-0.1, -0.05) is 23.7 Å². The van der Waals surface area contributed by atoms with Crippen molar-refractivity contribution >= 4 is 27.5 Å². The van der Waals surface area contributed by atoms with E-state index in [0.29, 0.717) is 37.1 Å². The van der Waals surface area contributed by atoms with E-state index < -0.39 is 16.1 Å². The third-order valence-electron chi connectivity index (χ3n) is 4.86. The number of hydrogen-bond donors (Lipinski definition) is 1. The summed E-state index contributed by atoms with van der Waals surface area (Å²) in [6.45, 7) is 2.18. The van der Waals surface area contributed by atoms with E-state index in [1.807, 2.05) is 0 Å². The van der Waals surface area contributed by atoms with Gasteiger partial charge in [0.25, 0.3) is 5.91 Å². The number of benzene rings is 2. The maximum absolute atomic E-state index is 12.6. The van der Waals surface area contributed by atoms with Crippen LogP contribution in [0.5, 0.6) is 11.5 Å². The first-order chi connectivity index (χ1) is 14.4. The molecule has 0 saturated carbocycles. The minimum Gasteiger partial charge on any atom is -0.485 e. The molecule has 2 aromatic carbocycles. The second-order valence-corrected chi connectivity index (χ2v) is 9.12. The SMILES string of the molecule is O=C(C1COc2cc(S(=O)(=O)NCc3ccc(Cl)cc3)ccc2O1)N1CCOCC1. The first-order valence-corrected chi connectivity index (χ1v) is 11.3. The molecule has 0 bridgehead atoms. The monoisotopic (exact) mass is 452 g/mol. The highest BCUT2D eigenvalue weighted by Crippen LogP contribution is 2.34. The van der Waals surface area contributed by atoms with Crippen LogP contribution in [-0.2, 0) is 26.1 Å². The fourth-order valence-electron chi connectivity index (χ4n) is 3.19. The minimum atomic E-state index is -3.76. The van der Waals surface area contributed by atoms with Crippen LogP contribution >= 0.6 is 11.6 Å². The summed E-state index contributed by atoms with van der Waals surface area (Å²) in [6, 6.07) is 11.2. The number of nitrogens with zero attached hydrogens (tertiary/aromatic N) is 1. The van der Waals surface area contributed by atoms with E-state index in [9.17, 15) is 13.2 Å². The Labute approximate surface area is 179 Å². The van der Waals surface area contributed by atoms with E-state index in [0.717, 1.165) is 5.56 Å². The fraction of sp³-hybridized carbons (Fsp3) is 0.350. The van der Waals surface area contributed by atoms with Gasteiger partial charge in [0.1, 0.15) is 6.61 Å². The molecule has 1 unspecified atom stereocenters. The van der Waals surface area contributed by atoms with Crippen LogP contribution in [-0.4, -0.2) is 58.2 Å². The van der Waals surface area contributed by atoms with Crippen molar-refractivity contribution in [3.05, 3.63) is 53.1 Å². The van der Waals surface area contributed by atoms with Gasteiger partial charge in [-0.25, -0.2) is 13.1 Å². The first-order valence-electron chi connectivity index (χ1n) is 9.46. The number of hydrogen-bond acceptors (Lipinski definition) is 6. The number of sulfonamides is 1. The van der Waals surface area contributed by atoms with Crippen molar-refractivity contribution in [2.24, 2.45) is 0 Å². The summed E-state index contributed by atoms with van der Waals surface area (Å²) in [5.74, 6) is 0.463. The van der Waals surface area contributed by atoms with Crippen LogP contribution in [0.2, 0.25) is 5.02 Å². The zero-order chi connectivity index (χ0) is 21.1. The van der Waals surface area contributed by atoms with E-state index in [2.05, 4.69) is 4.72 Å². The first kappa shape index (κ1) is 20.9. The molecule has 1 saturated heterocycles. The molecule has 8 nitrogen and oxygen atoms in total. The molecular weight excluding hydrogens is 432 g/mol. The van der Waals surface area contributed by atoms with Crippen molar-refractivity contribution in [1.29, 1.82) is 0 Å². The number of ether oxygens (including phenoxy) is 3. The van der Waals surface area contributed by atoms with Crippen molar-refractivity contribution in [1.82, 2.24) is 9.62 Å². The largest absolute Gasteiger partial charge is 0.485 e. The topological polar surface area (TPSA) is 94.2 Å². The third-order valence-corrected chi connectivity index (χ3v) is 6.51. The molecule has 0 radical (unpaired) electrons. The smallest absolute Gasteiger partial charge is 0.267 e. The zero-order valence-corrected chi connectivity index (χ0v) is 17.6. The lowest BCUT2D eigenvalue weighted by Crippen LogP contribution is -2.50. The van der Waals surface area contributed by atoms with Gasteiger partial charge >= 0.3 is 0 Å². The highest BCUT2D eigenvalue weighted by atomic mass is 35.5. The quantitative estimate of drug-likeness (QED) is 0.743. The predicted octanol–water partition coefficient (Wildman–Crippen LogP) is 1.82. The number of halogens is 1. The summed E-state index contributed by atoms with van der Waals surface area (Å²) in [6.07, 6.45) is -0.763. The maximum atomic E-state index is 12.6. The van der Waals surface area contributed by atoms with Gasteiger partial charge in [-0.2, -0.15) is 0 Å². The molecule has 1 atom stereocenters. The second-order valence-electron chi connectivity index (χ2n) is 6.91. The van der Waals surface area contributed by atoms with E-state index in [-0.39, 0.29) is 29.7 Å². The van der Waals surface area contributed by atoms with Gasteiger partial charge < -0.3 is 19.1 Å². The molecule has 1 N–H and O–H groups in total. The van der Waals surface area contributed by atoms with Gasteiger partial charge in [0.2, 0.25) is 16.1 Å². The average Bonchev–Trinajstić information content (AvgIpc) is 2.78. The molecule has 10 heteroatoms.